The highest BCUT2D eigenvalue weighted by Gasteiger charge is 2.06. The maximum absolute atomic E-state index is 5.86. The molecular formula is C10H8BrClN2. The number of benzene rings is 1. The van der Waals surface area contributed by atoms with Crippen molar-refractivity contribution in [3.63, 3.8) is 0 Å². The first-order valence-electron chi connectivity index (χ1n) is 4.11. The van der Waals surface area contributed by atoms with E-state index in [-0.39, 0.29) is 0 Å². The molecule has 0 spiro atoms. The van der Waals surface area contributed by atoms with Gasteiger partial charge in [-0.15, -0.1) is 0 Å². The van der Waals surface area contributed by atoms with Crippen LogP contribution in [0.25, 0.3) is 11.3 Å². The highest BCUT2D eigenvalue weighted by molar-refractivity contribution is 9.10. The molecule has 0 aliphatic carbocycles. The Morgan fingerprint density at radius 3 is 2.79 bits per heavy atom. The molecule has 0 fully saturated rings. The van der Waals surface area contributed by atoms with E-state index in [9.17, 15) is 0 Å². The molecule has 2 rings (SSSR count). The van der Waals surface area contributed by atoms with E-state index in [1.54, 1.807) is 6.20 Å². The van der Waals surface area contributed by atoms with Gasteiger partial charge in [0, 0.05) is 17.1 Å². The Kier molecular flexibility index (Phi) is 2.61. The van der Waals surface area contributed by atoms with Gasteiger partial charge in [0.2, 0.25) is 5.28 Å². The Hall–Kier alpha value is -0.800. The van der Waals surface area contributed by atoms with Gasteiger partial charge in [0.25, 0.3) is 0 Å². The summed E-state index contributed by atoms with van der Waals surface area (Å²) in [7, 11) is 1.89. The second-order valence-corrected chi connectivity index (χ2v) is 4.24. The highest BCUT2D eigenvalue weighted by Crippen LogP contribution is 2.24. The van der Waals surface area contributed by atoms with E-state index in [0.29, 0.717) is 5.28 Å². The van der Waals surface area contributed by atoms with Gasteiger partial charge < -0.3 is 4.57 Å². The summed E-state index contributed by atoms with van der Waals surface area (Å²) in [5.74, 6) is 0. The zero-order chi connectivity index (χ0) is 10.1. The standard InChI is InChI=1S/C10H8BrClN2/c1-14-9(6-13-10(14)12)7-3-2-4-8(11)5-7/h2-6H,1H3. The number of halogens is 2. The van der Waals surface area contributed by atoms with E-state index in [1.807, 2.05) is 35.9 Å². The van der Waals surface area contributed by atoms with Crippen molar-refractivity contribution in [2.24, 2.45) is 7.05 Å². The van der Waals surface area contributed by atoms with Crippen LogP contribution in [0.1, 0.15) is 0 Å². The van der Waals surface area contributed by atoms with Crippen molar-refractivity contribution in [3.8, 4) is 11.3 Å². The molecule has 0 atom stereocenters. The molecule has 14 heavy (non-hydrogen) atoms. The van der Waals surface area contributed by atoms with Crippen molar-refractivity contribution in [3.05, 3.63) is 40.2 Å². The summed E-state index contributed by atoms with van der Waals surface area (Å²) in [4.78, 5) is 4.04. The molecule has 72 valence electrons. The number of nitrogens with zero attached hydrogens (tertiary/aromatic N) is 2. The average Bonchev–Trinajstić information content (AvgIpc) is 2.48. The molecule has 0 saturated heterocycles. The molecular weight excluding hydrogens is 263 g/mol. The van der Waals surface area contributed by atoms with Gasteiger partial charge in [-0.25, -0.2) is 4.98 Å². The van der Waals surface area contributed by atoms with Crippen LogP contribution < -0.4 is 0 Å². The number of imidazole rings is 1. The molecule has 0 unspecified atom stereocenters. The normalized spacial score (nSPS) is 10.5. The summed E-state index contributed by atoms with van der Waals surface area (Å²) in [6.07, 6.45) is 1.77. The second kappa shape index (κ2) is 3.75. The Labute approximate surface area is 95.7 Å². The molecule has 0 saturated carbocycles. The maximum atomic E-state index is 5.86. The van der Waals surface area contributed by atoms with E-state index in [4.69, 9.17) is 11.6 Å². The van der Waals surface area contributed by atoms with Gasteiger partial charge in [-0.2, -0.15) is 0 Å². The van der Waals surface area contributed by atoms with Crippen LogP contribution in [0.5, 0.6) is 0 Å². The van der Waals surface area contributed by atoms with Crippen molar-refractivity contribution >= 4 is 27.5 Å². The van der Waals surface area contributed by atoms with Gasteiger partial charge >= 0.3 is 0 Å². The lowest BCUT2D eigenvalue weighted by molar-refractivity contribution is 0.922. The molecule has 0 bridgehead atoms. The van der Waals surface area contributed by atoms with Crippen molar-refractivity contribution in [2.75, 3.05) is 0 Å². The van der Waals surface area contributed by atoms with E-state index in [1.165, 1.54) is 0 Å². The van der Waals surface area contributed by atoms with Crippen LogP contribution in [0.4, 0.5) is 0 Å². The fourth-order valence-electron chi connectivity index (χ4n) is 1.30. The van der Waals surface area contributed by atoms with E-state index in [0.717, 1.165) is 15.7 Å². The molecule has 1 aromatic heterocycles. The maximum Gasteiger partial charge on any atom is 0.202 e. The first-order valence-corrected chi connectivity index (χ1v) is 5.29. The minimum Gasteiger partial charge on any atom is -0.318 e. The van der Waals surface area contributed by atoms with E-state index >= 15 is 0 Å². The largest absolute Gasteiger partial charge is 0.318 e. The monoisotopic (exact) mass is 270 g/mol. The molecule has 1 heterocycles. The van der Waals surface area contributed by atoms with E-state index in [2.05, 4.69) is 20.9 Å². The van der Waals surface area contributed by atoms with Crippen molar-refractivity contribution in [1.82, 2.24) is 9.55 Å². The van der Waals surface area contributed by atoms with Gasteiger partial charge in [-0.1, -0.05) is 28.1 Å². The third-order valence-electron chi connectivity index (χ3n) is 2.05. The Morgan fingerprint density at radius 1 is 1.43 bits per heavy atom. The third-order valence-corrected chi connectivity index (χ3v) is 2.90. The summed E-state index contributed by atoms with van der Waals surface area (Å²) in [5, 5.41) is 0.500. The molecule has 0 N–H and O–H groups in total. The van der Waals surface area contributed by atoms with Crippen LogP contribution in [0.2, 0.25) is 5.28 Å². The lowest BCUT2D eigenvalue weighted by atomic mass is 10.2. The first-order chi connectivity index (χ1) is 6.68. The highest BCUT2D eigenvalue weighted by atomic mass is 79.9. The van der Waals surface area contributed by atoms with E-state index < -0.39 is 0 Å². The van der Waals surface area contributed by atoms with Crippen molar-refractivity contribution in [2.45, 2.75) is 0 Å². The minimum atomic E-state index is 0.500. The predicted molar refractivity (Wildman–Crippen MR) is 61.4 cm³/mol. The third kappa shape index (κ3) is 1.70. The molecule has 2 nitrogen and oxygen atoms in total. The van der Waals surface area contributed by atoms with Crippen molar-refractivity contribution < 1.29 is 0 Å². The number of hydrogen-bond donors (Lipinski definition) is 0. The summed E-state index contributed by atoms with van der Waals surface area (Å²) in [6, 6.07) is 8.03. The molecule has 0 aliphatic rings. The van der Waals surface area contributed by atoms with Crippen LogP contribution in [-0.2, 0) is 7.05 Å². The smallest absolute Gasteiger partial charge is 0.202 e. The fourth-order valence-corrected chi connectivity index (χ4v) is 1.84. The zero-order valence-electron chi connectivity index (χ0n) is 7.54. The first kappa shape index (κ1) is 9.74. The zero-order valence-corrected chi connectivity index (χ0v) is 9.88. The van der Waals surface area contributed by atoms with Gasteiger partial charge in [0.15, 0.2) is 0 Å². The number of aromatic nitrogens is 2. The van der Waals surface area contributed by atoms with Crippen LogP contribution >= 0.6 is 27.5 Å². The van der Waals surface area contributed by atoms with Crippen LogP contribution in [0, 0.1) is 0 Å². The van der Waals surface area contributed by atoms with Crippen LogP contribution in [0.15, 0.2) is 34.9 Å². The molecule has 0 radical (unpaired) electrons. The summed E-state index contributed by atoms with van der Waals surface area (Å²) in [5.41, 5.74) is 2.11. The Balaban J connectivity index is 2.55. The molecule has 0 amide bonds. The molecule has 2 aromatic rings. The van der Waals surface area contributed by atoms with Gasteiger partial charge in [-0.05, 0) is 23.7 Å². The topological polar surface area (TPSA) is 17.8 Å². The second-order valence-electron chi connectivity index (χ2n) is 2.98. The van der Waals surface area contributed by atoms with Crippen LogP contribution in [-0.4, -0.2) is 9.55 Å². The van der Waals surface area contributed by atoms with Crippen molar-refractivity contribution in [1.29, 1.82) is 0 Å². The Morgan fingerprint density at radius 2 is 2.21 bits per heavy atom. The lowest BCUT2D eigenvalue weighted by Crippen LogP contribution is -1.90. The van der Waals surface area contributed by atoms with Gasteiger partial charge in [-0.3, -0.25) is 0 Å². The summed E-state index contributed by atoms with van der Waals surface area (Å²) >= 11 is 9.29. The predicted octanol–water partition coefficient (Wildman–Crippen LogP) is 3.50. The molecule has 4 heteroatoms. The minimum absolute atomic E-state index is 0.500. The number of hydrogen-bond acceptors (Lipinski definition) is 1. The quantitative estimate of drug-likeness (QED) is 0.776. The lowest BCUT2D eigenvalue weighted by Gasteiger charge is -2.02. The SMILES string of the molecule is Cn1c(-c2cccc(Br)c2)cnc1Cl. The summed E-state index contributed by atoms with van der Waals surface area (Å²) in [6.45, 7) is 0. The Bertz CT molecular complexity index is 465. The summed E-state index contributed by atoms with van der Waals surface area (Å²) < 4.78 is 2.90. The average molecular weight is 272 g/mol. The fraction of sp³-hybridized carbons (Fsp3) is 0.100. The van der Waals surface area contributed by atoms with Gasteiger partial charge in [0.05, 0.1) is 11.9 Å². The molecule has 1 aromatic carbocycles. The van der Waals surface area contributed by atoms with Crippen LogP contribution in [0.3, 0.4) is 0 Å². The molecule has 0 aliphatic heterocycles. The van der Waals surface area contributed by atoms with Gasteiger partial charge in [0.1, 0.15) is 0 Å². The number of rotatable bonds is 1.